The van der Waals surface area contributed by atoms with E-state index in [1.165, 1.54) is 24.3 Å². The fourth-order valence-electron chi connectivity index (χ4n) is 11.4. The molecule has 4 rings (SSSR count). The van der Waals surface area contributed by atoms with Crippen LogP contribution in [0, 0.1) is 28.6 Å². The zero-order chi connectivity index (χ0) is 75.0. The minimum Gasteiger partial charge on any atom is -0.481 e. The van der Waals surface area contributed by atoms with Gasteiger partial charge in [-0.2, -0.15) is 0 Å². The van der Waals surface area contributed by atoms with Crippen LogP contribution in [0.25, 0.3) is 0 Å². The second-order valence-electron chi connectivity index (χ2n) is 26.5. The lowest BCUT2D eigenvalue weighted by atomic mass is 9.94. The molecule has 1 aromatic carbocycles. The van der Waals surface area contributed by atoms with Gasteiger partial charge in [0.15, 0.2) is 0 Å². The number of benzene rings is 1. The van der Waals surface area contributed by atoms with Crippen molar-refractivity contribution in [3.8, 4) is 0 Å². The summed E-state index contributed by atoms with van der Waals surface area (Å²) in [4.78, 5) is 207. The van der Waals surface area contributed by atoms with E-state index in [9.17, 15) is 77.4 Å². The average Bonchev–Trinajstić information content (AvgIpc) is 1.76. The molecule has 33 nitrogen and oxygen atoms in total. The molecule has 15 atom stereocenters. The molecule has 34 heteroatoms. The summed E-state index contributed by atoms with van der Waals surface area (Å²) in [5.41, 5.74) is 18.8. The summed E-state index contributed by atoms with van der Waals surface area (Å²) in [6.45, 7) is 13.7. The Hall–Kier alpha value is -8.92. The van der Waals surface area contributed by atoms with Crippen molar-refractivity contribution in [2.24, 2.45) is 45.9 Å². The number of nitrogens with zero attached hydrogens (tertiary/aromatic N) is 3. The largest absolute Gasteiger partial charge is 0.481 e. The van der Waals surface area contributed by atoms with Crippen molar-refractivity contribution in [2.75, 3.05) is 25.4 Å². The Morgan fingerprint density at radius 3 is 2.00 bits per heavy atom. The maximum absolute atomic E-state index is 15.0. The number of nitrogens with two attached hydrogens (primary N) is 3. The van der Waals surface area contributed by atoms with Gasteiger partial charge < -0.3 is 85.6 Å². The molecule has 3 heterocycles. The van der Waals surface area contributed by atoms with Gasteiger partial charge in [0, 0.05) is 40.3 Å². The molecule has 1 fully saturated rings. The van der Waals surface area contributed by atoms with Gasteiger partial charge >= 0.3 is 11.9 Å². The molecule has 1 saturated heterocycles. The van der Waals surface area contributed by atoms with Crippen LogP contribution in [0.15, 0.2) is 47.8 Å². The first-order valence-corrected chi connectivity index (χ1v) is 35.7. The maximum Gasteiger partial charge on any atom is 0.305 e. The van der Waals surface area contributed by atoms with Crippen molar-refractivity contribution in [3.63, 3.8) is 0 Å². The number of carboxylic acids is 2. The number of H-pyrrole nitrogens is 1. The number of carbonyl (C=O) groups is 13. The summed E-state index contributed by atoms with van der Waals surface area (Å²) in [7, 11) is 0. The lowest BCUT2D eigenvalue weighted by Crippen LogP contribution is -2.61. The van der Waals surface area contributed by atoms with Crippen LogP contribution in [-0.2, 0) is 75.2 Å². The number of rotatable bonds is 32. The summed E-state index contributed by atoms with van der Waals surface area (Å²) in [6.07, 6.45) is 1.10. The normalized spacial score (nSPS) is 23.1. The van der Waals surface area contributed by atoms with Crippen LogP contribution in [-0.4, -0.2) is 205 Å². The quantitative estimate of drug-likeness (QED) is 0.0406. The molecule has 0 aliphatic carbocycles. The molecule has 15 unspecified atom stereocenters. The van der Waals surface area contributed by atoms with Crippen LogP contribution < -0.4 is 70.4 Å². The molecule has 0 saturated carbocycles. The number of nitrogens with one attached hydrogen (secondary N) is 11. The zero-order valence-electron chi connectivity index (χ0n) is 59.0. The van der Waals surface area contributed by atoms with Crippen LogP contribution in [0.1, 0.15) is 157 Å². The first-order valence-electron chi connectivity index (χ1n) is 34.7. The van der Waals surface area contributed by atoms with E-state index in [2.05, 4.69) is 68.1 Å². The van der Waals surface area contributed by atoms with Gasteiger partial charge in [-0.1, -0.05) is 105 Å². The smallest absolute Gasteiger partial charge is 0.305 e. The topological polar surface area (TPSA) is 522 Å². The summed E-state index contributed by atoms with van der Waals surface area (Å²) in [6, 6.07) is -7.78. The summed E-state index contributed by atoms with van der Waals surface area (Å²) in [5, 5.41) is 46.8. The third-order valence-corrected chi connectivity index (χ3v) is 18.9. The summed E-state index contributed by atoms with van der Waals surface area (Å²) < 4.78 is 0.343. The Morgan fingerprint density at radius 1 is 0.723 bits per heavy atom. The van der Waals surface area contributed by atoms with E-state index in [0.717, 1.165) is 6.42 Å². The first-order chi connectivity index (χ1) is 47.9. The minimum atomic E-state index is -1.96. The third-order valence-electron chi connectivity index (χ3n) is 17.7. The molecule has 2 aromatic rings. The van der Waals surface area contributed by atoms with Gasteiger partial charge in [-0.25, -0.2) is 4.98 Å². The van der Waals surface area contributed by atoms with E-state index < -0.39 is 193 Å². The van der Waals surface area contributed by atoms with Crippen molar-refractivity contribution in [2.45, 2.75) is 231 Å². The first kappa shape index (κ1) is 84.5. The Bertz CT molecular complexity index is 3180. The SMILES string of the molecule is CCCC(C)C(NC(=O)C(CCC(=O)O)NC(=O)C(CC(C)C)NC(=O)C1CSC(C(N)C(C)CC)=N1)C(=O)NC1CCCCNC(=O)C(CC(N)=O)NC(=O)C(CC(=O)O)NC(=O)C(Cc2cnc[nH]2)[N+](=O)CC(Cc2ccccc2)NC(=O)C(C(C)CC)NC(=O)C(CCCN)NC1=O. The summed E-state index contributed by atoms with van der Waals surface area (Å²) >= 11 is 1.35. The number of aliphatic carboxylic acids is 2. The second kappa shape index (κ2) is 43.0. The van der Waals surface area contributed by atoms with E-state index in [4.69, 9.17) is 17.2 Å². The number of aliphatic imine (C=N–C) groups is 1. The van der Waals surface area contributed by atoms with E-state index in [1.54, 1.807) is 51.1 Å². The second-order valence-corrected chi connectivity index (χ2v) is 27.6. The van der Waals surface area contributed by atoms with Gasteiger partial charge in [0.25, 0.3) is 11.9 Å². The fourth-order valence-corrected chi connectivity index (χ4v) is 12.6. The van der Waals surface area contributed by atoms with E-state index in [-0.39, 0.29) is 87.7 Å². The van der Waals surface area contributed by atoms with Crippen molar-refractivity contribution < 1.29 is 77.3 Å². The van der Waals surface area contributed by atoms with E-state index in [0.29, 0.717) is 34.6 Å². The van der Waals surface area contributed by atoms with Crippen LogP contribution in [0.4, 0.5) is 0 Å². The molecular formula is C67H106N17O16S+. The van der Waals surface area contributed by atoms with Crippen molar-refractivity contribution >= 4 is 93.7 Å². The summed E-state index contributed by atoms with van der Waals surface area (Å²) in [5.74, 6) is -14.3. The van der Waals surface area contributed by atoms with Crippen LogP contribution in [0.3, 0.4) is 0 Å². The Morgan fingerprint density at radius 2 is 1.39 bits per heavy atom. The number of amides is 11. The highest BCUT2D eigenvalue weighted by Crippen LogP contribution is 2.25. The molecule has 0 radical (unpaired) electrons. The van der Waals surface area contributed by atoms with Crippen molar-refractivity contribution in [1.82, 2.24) is 63.1 Å². The van der Waals surface area contributed by atoms with Crippen molar-refractivity contribution in [1.29, 1.82) is 0 Å². The van der Waals surface area contributed by atoms with Crippen LogP contribution >= 0.6 is 11.8 Å². The predicted octanol–water partition coefficient (Wildman–Crippen LogP) is -0.625. The number of hydrogen-bond donors (Lipinski definition) is 16. The zero-order valence-corrected chi connectivity index (χ0v) is 59.8. The highest BCUT2D eigenvalue weighted by molar-refractivity contribution is 8.14. The molecule has 2 aliphatic heterocycles. The number of imidazole rings is 1. The molecule has 0 spiro atoms. The lowest BCUT2D eigenvalue weighted by molar-refractivity contribution is -0.575. The monoisotopic (exact) mass is 1440 g/mol. The molecule has 19 N–H and O–H groups in total. The van der Waals surface area contributed by atoms with Gasteiger partial charge in [0.2, 0.25) is 65.6 Å². The lowest BCUT2D eigenvalue weighted by Gasteiger charge is -2.30. The van der Waals surface area contributed by atoms with E-state index >= 15 is 0 Å². The van der Waals surface area contributed by atoms with Crippen molar-refractivity contribution in [3.05, 3.63) is 59.0 Å². The Labute approximate surface area is 592 Å². The molecule has 11 amide bonds. The number of thioether (sulfide) groups is 1. The Kier molecular flexibility index (Phi) is 36.0. The number of nitroso groups, excluding NO2 is 1. The molecule has 0 bridgehead atoms. The predicted molar refractivity (Wildman–Crippen MR) is 374 cm³/mol. The van der Waals surface area contributed by atoms with Gasteiger partial charge in [0.05, 0.1) is 42.7 Å². The van der Waals surface area contributed by atoms with Crippen LogP contribution in [0.2, 0.25) is 0 Å². The number of hydrogen-bond acceptors (Lipinski definition) is 19. The molecule has 101 heavy (non-hydrogen) atoms. The third kappa shape index (κ3) is 28.6. The molecule has 2 aliphatic rings. The molecular weight excluding hydrogens is 1330 g/mol. The van der Waals surface area contributed by atoms with Gasteiger partial charge in [0.1, 0.15) is 54.4 Å². The van der Waals surface area contributed by atoms with Crippen LogP contribution in [0.5, 0.6) is 0 Å². The molecule has 560 valence electrons. The average molecular weight is 1440 g/mol. The minimum absolute atomic E-state index is 0.00629. The number of carbonyl (C=O) groups excluding carboxylic acids is 11. The van der Waals surface area contributed by atoms with Gasteiger partial charge in [-0.3, -0.25) is 67.3 Å². The standard InChI is InChI=1S/C67H105N17O16S/c1-9-18-39(8)56(83-60(93)45(23-24-52(86)87)76-61(94)46(27-36(4)5)78-63(96)49-34-101-67(81-49)54(70)37(6)10-2)66(99)77-43-21-15-16-26-72-57(90)47(30-51(69)85)79-62(95)48(31-53(88)89)80-64(97)50(29-41-32-71-35-73-41)84(100)33-42(28-40-19-13-12-14-20-40)74-65(98)55(38(7)11-3)82-59(92)44(22-17-25-68)75-58(43)91/h12-14,19-20,32,35-39,42-50,54-56H,9-11,15-18,21-31,33-34,68,70H2,1-8H3,(H14-,69,71,72,73,74,75,76,77,78,79,80,82,83,85,86,87,88,89,90,91,92,93,94,95,96,97,98,99)/p+1. The molecule has 1 aromatic heterocycles. The fraction of sp³-hybridized carbons (Fsp3) is 0.657. The van der Waals surface area contributed by atoms with Gasteiger partial charge in [-0.15, -0.1) is 11.8 Å². The highest BCUT2D eigenvalue weighted by atomic mass is 32.2. The highest BCUT2D eigenvalue weighted by Gasteiger charge is 2.42. The number of carboxylic acid groups (broad SMARTS) is 2. The maximum atomic E-state index is 15.0. The van der Waals surface area contributed by atoms with E-state index in [1.807, 2.05) is 34.6 Å². The number of primary amides is 1. The van der Waals surface area contributed by atoms with Gasteiger partial charge in [-0.05, 0) is 93.6 Å². The number of aromatic amines is 1. The number of aromatic nitrogens is 2. The Balaban J connectivity index is 1.78.